The number of fused-ring (bicyclic) bond motifs is 2. The minimum Gasteiger partial charge on any atom is -0.486 e. The van der Waals surface area contributed by atoms with Gasteiger partial charge >= 0.3 is 0 Å². The average molecular weight is 360 g/mol. The monoisotopic (exact) mass is 360 g/mol. The molecule has 2 aliphatic heterocycles. The molecule has 2 aromatic rings. The van der Waals surface area contributed by atoms with Crippen molar-refractivity contribution in [1.29, 1.82) is 5.26 Å². The van der Waals surface area contributed by atoms with Gasteiger partial charge in [-0.05, 0) is 66.6 Å². The highest BCUT2D eigenvalue weighted by Gasteiger charge is 2.46. The number of aryl methyl sites for hydroxylation is 1. The second-order valence-corrected chi connectivity index (χ2v) is 7.40. The van der Waals surface area contributed by atoms with Gasteiger partial charge in [-0.1, -0.05) is 6.07 Å². The first-order valence-corrected chi connectivity index (χ1v) is 9.48. The zero-order chi connectivity index (χ0) is 18.4. The molecule has 2 unspecified atom stereocenters. The van der Waals surface area contributed by atoms with Crippen LogP contribution >= 0.6 is 0 Å². The average Bonchev–Trinajstić information content (AvgIpc) is 3.53. The predicted octanol–water partition coefficient (Wildman–Crippen LogP) is 3.41. The SMILES string of the molecule is N#Cc1ccc2c(c1)CCCN2C(=O)C1CC1c1ccc2c(c1)OCCO2. The summed E-state index contributed by atoms with van der Waals surface area (Å²) < 4.78 is 11.3. The number of anilines is 1. The molecule has 0 saturated heterocycles. The molecule has 5 heteroatoms. The number of benzene rings is 2. The van der Waals surface area contributed by atoms with Crippen LogP contribution in [0, 0.1) is 17.2 Å². The van der Waals surface area contributed by atoms with Crippen molar-refractivity contribution in [2.75, 3.05) is 24.7 Å². The number of carbonyl (C=O) groups excluding carboxylic acids is 1. The zero-order valence-electron chi connectivity index (χ0n) is 15.0. The number of carbonyl (C=O) groups is 1. The van der Waals surface area contributed by atoms with Gasteiger partial charge in [0.05, 0.1) is 11.6 Å². The van der Waals surface area contributed by atoms with Crippen LogP contribution in [0.5, 0.6) is 11.5 Å². The van der Waals surface area contributed by atoms with Crippen molar-refractivity contribution >= 4 is 11.6 Å². The summed E-state index contributed by atoms with van der Waals surface area (Å²) in [5.41, 5.74) is 3.88. The largest absolute Gasteiger partial charge is 0.486 e. The van der Waals surface area contributed by atoms with Crippen LogP contribution in [0.2, 0.25) is 0 Å². The number of amides is 1. The van der Waals surface area contributed by atoms with Gasteiger partial charge in [-0.3, -0.25) is 4.79 Å². The molecule has 2 heterocycles. The van der Waals surface area contributed by atoms with Gasteiger partial charge in [0.2, 0.25) is 5.91 Å². The predicted molar refractivity (Wildman–Crippen MR) is 100 cm³/mol. The van der Waals surface area contributed by atoms with E-state index in [1.807, 2.05) is 29.2 Å². The van der Waals surface area contributed by atoms with E-state index in [2.05, 4.69) is 12.1 Å². The molecule has 0 bridgehead atoms. The van der Waals surface area contributed by atoms with Crippen molar-refractivity contribution in [2.45, 2.75) is 25.2 Å². The maximum atomic E-state index is 13.2. The highest BCUT2D eigenvalue weighted by Crippen LogP contribution is 2.51. The molecule has 1 amide bonds. The fourth-order valence-electron chi connectivity index (χ4n) is 4.22. The summed E-state index contributed by atoms with van der Waals surface area (Å²) in [4.78, 5) is 15.1. The molecule has 27 heavy (non-hydrogen) atoms. The highest BCUT2D eigenvalue weighted by atomic mass is 16.6. The molecule has 5 rings (SSSR count). The quantitative estimate of drug-likeness (QED) is 0.823. The van der Waals surface area contributed by atoms with E-state index in [0.717, 1.165) is 54.1 Å². The summed E-state index contributed by atoms with van der Waals surface area (Å²) >= 11 is 0. The van der Waals surface area contributed by atoms with Crippen LogP contribution in [0.25, 0.3) is 0 Å². The van der Waals surface area contributed by atoms with Gasteiger partial charge in [-0.25, -0.2) is 0 Å². The third kappa shape index (κ3) is 2.82. The smallest absolute Gasteiger partial charge is 0.230 e. The van der Waals surface area contributed by atoms with Gasteiger partial charge in [-0.15, -0.1) is 0 Å². The summed E-state index contributed by atoms with van der Waals surface area (Å²) in [6, 6.07) is 13.8. The molecule has 0 N–H and O–H groups in total. The number of rotatable bonds is 2. The van der Waals surface area contributed by atoms with E-state index < -0.39 is 0 Å². The molecule has 2 aromatic carbocycles. The van der Waals surface area contributed by atoms with E-state index in [1.165, 1.54) is 0 Å². The Hall–Kier alpha value is -3.00. The minimum absolute atomic E-state index is 0.0224. The molecule has 2 atom stereocenters. The Kier molecular flexibility index (Phi) is 3.78. The molecule has 136 valence electrons. The Morgan fingerprint density at radius 3 is 2.81 bits per heavy atom. The maximum absolute atomic E-state index is 13.2. The van der Waals surface area contributed by atoms with Crippen LogP contribution < -0.4 is 14.4 Å². The van der Waals surface area contributed by atoms with Crippen molar-refractivity contribution in [1.82, 2.24) is 0 Å². The summed E-state index contributed by atoms with van der Waals surface area (Å²) in [5, 5.41) is 9.11. The maximum Gasteiger partial charge on any atom is 0.230 e. The Bertz CT molecular complexity index is 963. The normalized spacial score (nSPS) is 22.6. The lowest BCUT2D eigenvalue weighted by Gasteiger charge is -2.30. The lowest BCUT2D eigenvalue weighted by atomic mass is 9.98. The topological polar surface area (TPSA) is 62.6 Å². The van der Waals surface area contributed by atoms with Crippen molar-refractivity contribution in [3.8, 4) is 17.6 Å². The molecule has 0 spiro atoms. The first-order valence-electron chi connectivity index (χ1n) is 9.48. The number of hydrogen-bond donors (Lipinski definition) is 0. The van der Waals surface area contributed by atoms with Crippen LogP contribution in [-0.2, 0) is 11.2 Å². The van der Waals surface area contributed by atoms with E-state index >= 15 is 0 Å². The van der Waals surface area contributed by atoms with E-state index in [0.29, 0.717) is 18.8 Å². The molecule has 0 aromatic heterocycles. The molecule has 0 radical (unpaired) electrons. The van der Waals surface area contributed by atoms with Gasteiger partial charge < -0.3 is 14.4 Å². The summed E-state index contributed by atoms with van der Waals surface area (Å²) in [6.07, 6.45) is 2.74. The second-order valence-electron chi connectivity index (χ2n) is 7.40. The first kappa shape index (κ1) is 16.2. The van der Waals surface area contributed by atoms with Crippen LogP contribution in [0.15, 0.2) is 36.4 Å². The zero-order valence-corrected chi connectivity index (χ0v) is 15.0. The van der Waals surface area contributed by atoms with Crippen LogP contribution in [0.4, 0.5) is 5.69 Å². The van der Waals surface area contributed by atoms with Gasteiger partial charge in [0.15, 0.2) is 11.5 Å². The molecular formula is C22H20N2O3. The van der Waals surface area contributed by atoms with Gasteiger partial charge in [0.25, 0.3) is 0 Å². The fraction of sp³-hybridized carbons (Fsp3) is 0.364. The highest BCUT2D eigenvalue weighted by molar-refractivity contribution is 5.98. The molecule has 3 aliphatic rings. The third-order valence-corrected chi connectivity index (χ3v) is 5.70. The summed E-state index contributed by atoms with van der Waals surface area (Å²) in [5.74, 6) is 2.03. The Balaban J connectivity index is 1.36. The van der Waals surface area contributed by atoms with Gasteiger partial charge in [0.1, 0.15) is 13.2 Å². The number of ether oxygens (including phenoxy) is 2. The Morgan fingerprint density at radius 2 is 1.96 bits per heavy atom. The standard InChI is InChI=1S/C22H20N2O3/c23-13-14-3-5-19-16(10-14)2-1-7-24(19)22(25)18-12-17(18)15-4-6-20-21(11-15)27-9-8-26-20/h3-6,10-11,17-18H,1-2,7-9,12H2. The van der Waals surface area contributed by atoms with Crippen LogP contribution in [0.3, 0.4) is 0 Å². The van der Waals surface area contributed by atoms with Crippen molar-refractivity contribution in [2.24, 2.45) is 5.92 Å². The Morgan fingerprint density at radius 1 is 1.11 bits per heavy atom. The fourth-order valence-corrected chi connectivity index (χ4v) is 4.22. The summed E-state index contributed by atoms with van der Waals surface area (Å²) in [6.45, 7) is 1.90. The van der Waals surface area contributed by atoms with Crippen molar-refractivity contribution in [3.63, 3.8) is 0 Å². The molecule has 1 aliphatic carbocycles. The lowest BCUT2D eigenvalue weighted by molar-refractivity contribution is -0.120. The van der Waals surface area contributed by atoms with E-state index in [-0.39, 0.29) is 17.7 Å². The van der Waals surface area contributed by atoms with Gasteiger partial charge in [0, 0.05) is 18.2 Å². The molecule has 1 fully saturated rings. The minimum atomic E-state index is 0.0224. The van der Waals surface area contributed by atoms with E-state index in [4.69, 9.17) is 14.7 Å². The van der Waals surface area contributed by atoms with Crippen LogP contribution in [0.1, 0.15) is 35.4 Å². The number of hydrogen-bond acceptors (Lipinski definition) is 4. The van der Waals surface area contributed by atoms with Gasteiger partial charge in [-0.2, -0.15) is 5.26 Å². The van der Waals surface area contributed by atoms with Crippen LogP contribution in [-0.4, -0.2) is 25.7 Å². The molecular weight excluding hydrogens is 340 g/mol. The Labute approximate surface area is 158 Å². The third-order valence-electron chi connectivity index (χ3n) is 5.70. The van der Waals surface area contributed by atoms with Crippen molar-refractivity contribution in [3.05, 3.63) is 53.1 Å². The lowest BCUT2D eigenvalue weighted by Crippen LogP contribution is -2.36. The molecule has 1 saturated carbocycles. The van der Waals surface area contributed by atoms with E-state index in [9.17, 15) is 4.79 Å². The van der Waals surface area contributed by atoms with E-state index in [1.54, 1.807) is 6.07 Å². The number of nitrogens with zero attached hydrogens (tertiary/aromatic N) is 2. The first-order chi connectivity index (χ1) is 13.2. The second kappa shape index (κ2) is 6.31. The molecule has 5 nitrogen and oxygen atoms in total. The van der Waals surface area contributed by atoms with Crippen molar-refractivity contribution < 1.29 is 14.3 Å². The summed E-state index contributed by atoms with van der Waals surface area (Å²) in [7, 11) is 0. The number of nitriles is 1.